The molecule has 0 spiro atoms. The van der Waals surface area contributed by atoms with Gasteiger partial charge in [0.25, 0.3) is 0 Å². The molecule has 0 unspecified atom stereocenters. The highest BCUT2D eigenvalue weighted by Crippen LogP contribution is 1.64. The molecule has 0 atom stereocenters. The zero-order valence-corrected chi connectivity index (χ0v) is 3.83. The van der Waals surface area contributed by atoms with Crippen LogP contribution in [0.2, 0.25) is 0 Å². The number of hydrogen-bond donors (Lipinski definition) is 1. The Morgan fingerprint density at radius 2 is 2.14 bits per heavy atom. The van der Waals surface area contributed by atoms with Crippen molar-refractivity contribution in [1.29, 1.82) is 0 Å². The van der Waals surface area contributed by atoms with Gasteiger partial charge in [0.2, 0.25) is 0 Å². The Morgan fingerprint density at radius 1 is 1.43 bits per heavy atom. The molecule has 2 nitrogen and oxygen atoms in total. The second-order valence-electron chi connectivity index (χ2n) is 0.766. The van der Waals surface area contributed by atoms with Crippen molar-refractivity contribution in [2.24, 2.45) is 0 Å². The van der Waals surface area contributed by atoms with Crippen LogP contribution in [0.1, 0.15) is 0 Å². The zero-order chi connectivity index (χ0) is 5.54. The maximum absolute atomic E-state index is 4.00. The summed E-state index contributed by atoms with van der Waals surface area (Å²) in [5.74, 6) is 0. The maximum Gasteiger partial charge on any atom is 0.0487 e. The van der Waals surface area contributed by atoms with Gasteiger partial charge in [0.1, 0.15) is 0 Å². The van der Waals surface area contributed by atoms with E-state index >= 15 is 0 Å². The van der Waals surface area contributed by atoms with Crippen LogP contribution >= 0.6 is 0 Å². The molecule has 0 bridgehead atoms. The lowest BCUT2D eigenvalue weighted by atomic mass is 10.8. The van der Waals surface area contributed by atoms with Crippen LogP contribution in [0.25, 0.3) is 0 Å². The van der Waals surface area contributed by atoms with Crippen molar-refractivity contribution in [2.75, 3.05) is 0 Å². The molecule has 0 amide bonds. The van der Waals surface area contributed by atoms with Crippen LogP contribution in [0.5, 0.6) is 0 Å². The van der Waals surface area contributed by atoms with Crippen LogP contribution in [0.15, 0.2) is 18.5 Å². The van der Waals surface area contributed by atoms with Gasteiger partial charge in [-0.15, -0.1) is 12.8 Å². The quantitative estimate of drug-likeness (QED) is 0.470. The number of H-pyrrole nitrogens is 1. The number of hydrogen-bond acceptors (Lipinski definition) is 1. The summed E-state index contributed by atoms with van der Waals surface area (Å²) in [6.07, 6.45) is 11.5. The highest BCUT2D eigenvalue weighted by atomic mass is 15.1. The molecule has 0 radical (unpaired) electrons. The molecule has 7 heavy (non-hydrogen) atoms. The number of rotatable bonds is 0. The van der Waals surface area contributed by atoms with Crippen molar-refractivity contribution in [3.63, 3.8) is 0 Å². The lowest BCUT2D eigenvalue weighted by molar-refractivity contribution is 1.09. The summed E-state index contributed by atoms with van der Waals surface area (Å²) >= 11 is 0. The summed E-state index contributed by atoms with van der Waals surface area (Å²) < 4.78 is 0. The fraction of sp³-hybridized carbons (Fsp3) is 0. The maximum atomic E-state index is 4.00. The third-order valence-corrected chi connectivity index (χ3v) is 0.406. The Bertz CT molecular complexity index is 89.7. The summed E-state index contributed by atoms with van der Waals surface area (Å²) in [5, 5.41) is 6.21. The summed E-state index contributed by atoms with van der Waals surface area (Å²) in [5.41, 5.74) is 0. The number of aromatic amines is 1. The van der Waals surface area contributed by atoms with Gasteiger partial charge in [-0.1, -0.05) is 0 Å². The Morgan fingerprint density at radius 3 is 2.29 bits per heavy atom. The summed E-state index contributed by atoms with van der Waals surface area (Å²) in [4.78, 5) is 0. The van der Waals surface area contributed by atoms with Crippen molar-refractivity contribution in [2.45, 2.75) is 0 Å². The molecular formula is C5H6N2. The van der Waals surface area contributed by atoms with Crippen LogP contribution in [0.4, 0.5) is 0 Å². The number of nitrogens with one attached hydrogen (secondary N) is 1. The molecule has 0 fully saturated rings. The van der Waals surface area contributed by atoms with Crippen LogP contribution < -0.4 is 0 Å². The molecule has 1 aromatic heterocycles. The molecule has 0 saturated heterocycles. The third-order valence-electron chi connectivity index (χ3n) is 0.406. The minimum atomic E-state index is 1.69. The van der Waals surface area contributed by atoms with E-state index in [1.807, 2.05) is 6.07 Å². The van der Waals surface area contributed by atoms with E-state index < -0.39 is 0 Å². The molecule has 0 aliphatic heterocycles. The van der Waals surface area contributed by atoms with E-state index in [4.69, 9.17) is 0 Å². The first kappa shape index (κ1) is 5.77. The molecule has 1 heterocycles. The van der Waals surface area contributed by atoms with Crippen molar-refractivity contribution < 1.29 is 0 Å². The van der Waals surface area contributed by atoms with Gasteiger partial charge in [-0.2, -0.15) is 5.10 Å². The molecule has 0 saturated carbocycles. The summed E-state index contributed by atoms with van der Waals surface area (Å²) in [7, 11) is 0. The minimum absolute atomic E-state index is 1.69. The Balaban J connectivity index is 0.000000162. The molecule has 0 aromatic carbocycles. The van der Waals surface area contributed by atoms with Gasteiger partial charge in [0.15, 0.2) is 0 Å². The first-order chi connectivity index (χ1) is 3.50. The molecule has 1 N–H and O–H groups in total. The summed E-state index contributed by atoms with van der Waals surface area (Å²) in [6.45, 7) is 0. The van der Waals surface area contributed by atoms with E-state index in [0.717, 1.165) is 0 Å². The molecule has 0 aliphatic carbocycles. The highest BCUT2D eigenvalue weighted by molar-refractivity contribution is 4.72. The Labute approximate surface area is 42.6 Å². The number of nitrogens with zero attached hydrogens (tertiary/aromatic N) is 1. The monoisotopic (exact) mass is 94.1 g/mol. The van der Waals surface area contributed by atoms with E-state index in [1.54, 1.807) is 12.4 Å². The van der Waals surface area contributed by atoms with Crippen molar-refractivity contribution in [3.05, 3.63) is 18.5 Å². The van der Waals surface area contributed by atoms with Gasteiger partial charge in [-0.05, 0) is 6.07 Å². The molecule has 2 heteroatoms. The van der Waals surface area contributed by atoms with E-state index in [0.29, 0.717) is 0 Å². The first-order valence-corrected chi connectivity index (χ1v) is 1.77. The second-order valence-corrected chi connectivity index (χ2v) is 0.766. The van der Waals surface area contributed by atoms with Crippen molar-refractivity contribution in [3.8, 4) is 12.8 Å². The van der Waals surface area contributed by atoms with E-state index in [2.05, 4.69) is 23.0 Å². The normalized spacial score (nSPS) is 6.00. The smallest absolute Gasteiger partial charge is 0.0487 e. The second kappa shape index (κ2) is 4.77. The van der Waals surface area contributed by atoms with E-state index in [-0.39, 0.29) is 0 Å². The average molecular weight is 94.1 g/mol. The van der Waals surface area contributed by atoms with Gasteiger partial charge in [-0.25, -0.2) is 0 Å². The Hall–Kier alpha value is -1.23. The fourth-order valence-corrected chi connectivity index (χ4v) is 0.215. The predicted molar refractivity (Wildman–Crippen MR) is 28.5 cm³/mol. The average Bonchev–Trinajstić information content (AvgIpc) is 2.23. The number of aromatic nitrogens is 2. The van der Waals surface area contributed by atoms with Gasteiger partial charge in [0.05, 0.1) is 0 Å². The van der Waals surface area contributed by atoms with E-state index in [1.165, 1.54) is 0 Å². The van der Waals surface area contributed by atoms with Crippen molar-refractivity contribution >= 4 is 0 Å². The van der Waals surface area contributed by atoms with Crippen LogP contribution in [-0.4, -0.2) is 10.2 Å². The standard InChI is InChI=1S/C3H4N2.C2H2/c1-2-4-5-3-1;1-2/h1-3H,(H,4,5);1-2H. The predicted octanol–water partition coefficient (Wildman–Crippen LogP) is 0.659. The van der Waals surface area contributed by atoms with Gasteiger partial charge in [0, 0.05) is 12.4 Å². The van der Waals surface area contributed by atoms with Gasteiger partial charge >= 0.3 is 0 Å². The van der Waals surface area contributed by atoms with Gasteiger partial charge < -0.3 is 0 Å². The summed E-state index contributed by atoms with van der Waals surface area (Å²) in [6, 6.07) is 1.83. The zero-order valence-electron chi connectivity index (χ0n) is 3.83. The van der Waals surface area contributed by atoms with Crippen molar-refractivity contribution in [1.82, 2.24) is 10.2 Å². The minimum Gasteiger partial charge on any atom is -0.286 e. The number of terminal acetylenes is 1. The molecule has 36 valence electrons. The SMILES string of the molecule is C#C.c1cn[nH]c1. The molecule has 0 aliphatic rings. The molecular weight excluding hydrogens is 88.1 g/mol. The lowest BCUT2D eigenvalue weighted by Crippen LogP contribution is -1.53. The van der Waals surface area contributed by atoms with Crippen LogP contribution in [0, 0.1) is 12.8 Å². The third kappa shape index (κ3) is 2.58. The first-order valence-electron chi connectivity index (χ1n) is 1.77. The van der Waals surface area contributed by atoms with E-state index in [9.17, 15) is 0 Å². The van der Waals surface area contributed by atoms with Crippen LogP contribution in [0.3, 0.4) is 0 Å². The fourth-order valence-electron chi connectivity index (χ4n) is 0.215. The molecule has 1 rings (SSSR count). The lowest BCUT2D eigenvalue weighted by Gasteiger charge is -1.49. The Kier molecular flexibility index (Phi) is 3.93. The highest BCUT2D eigenvalue weighted by Gasteiger charge is 1.56. The molecule has 1 aromatic rings. The largest absolute Gasteiger partial charge is 0.286 e. The topological polar surface area (TPSA) is 28.7 Å². The van der Waals surface area contributed by atoms with Crippen LogP contribution in [-0.2, 0) is 0 Å². The van der Waals surface area contributed by atoms with Gasteiger partial charge in [-0.3, -0.25) is 5.10 Å².